The highest BCUT2D eigenvalue weighted by molar-refractivity contribution is 5.78. The molecular weight excluding hydrogens is 224 g/mol. The number of hydrogen-bond acceptors (Lipinski definition) is 2. The lowest BCUT2D eigenvalue weighted by molar-refractivity contribution is -0.120. The van der Waals surface area contributed by atoms with Gasteiger partial charge in [0.25, 0.3) is 0 Å². The Morgan fingerprint density at radius 3 is 2.72 bits per heavy atom. The summed E-state index contributed by atoms with van der Waals surface area (Å²) < 4.78 is 0. The second kappa shape index (κ2) is 7.88. The fourth-order valence-electron chi connectivity index (χ4n) is 1.74. The summed E-state index contributed by atoms with van der Waals surface area (Å²) in [4.78, 5) is 11.5. The number of aryl methyl sites for hydroxylation is 1. The van der Waals surface area contributed by atoms with Crippen molar-refractivity contribution in [3.63, 3.8) is 0 Å². The van der Waals surface area contributed by atoms with Crippen LogP contribution in [0.4, 0.5) is 0 Å². The third-order valence-corrected chi connectivity index (χ3v) is 3.14. The number of hydrogen-bond donors (Lipinski definition) is 2. The maximum Gasteiger partial charge on any atom is 0.234 e. The van der Waals surface area contributed by atoms with Gasteiger partial charge in [0.1, 0.15) is 0 Å². The Morgan fingerprint density at radius 2 is 2.06 bits per heavy atom. The molecule has 0 bridgehead atoms. The summed E-state index contributed by atoms with van der Waals surface area (Å²) in [5, 5.41) is 6.12. The molecule has 1 aromatic carbocycles. The zero-order valence-electron chi connectivity index (χ0n) is 11.6. The second-order valence-electron chi connectivity index (χ2n) is 4.73. The smallest absolute Gasteiger partial charge is 0.234 e. The van der Waals surface area contributed by atoms with Crippen molar-refractivity contribution in [1.82, 2.24) is 10.6 Å². The average molecular weight is 248 g/mol. The van der Waals surface area contributed by atoms with Gasteiger partial charge in [0, 0.05) is 6.04 Å². The van der Waals surface area contributed by atoms with Crippen LogP contribution < -0.4 is 10.6 Å². The van der Waals surface area contributed by atoms with E-state index in [1.807, 2.05) is 13.0 Å². The van der Waals surface area contributed by atoms with Crippen LogP contribution in [0.3, 0.4) is 0 Å². The van der Waals surface area contributed by atoms with Crippen molar-refractivity contribution in [1.29, 1.82) is 0 Å². The van der Waals surface area contributed by atoms with Crippen LogP contribution in [0.15, 0.2) is 24.3 Å². The van der Waals surface area contributed by atoms with Gasteiger partial charge in [0.15, 0.2) is 0 Å². The first-order valence-corrected chi connectivity index (χ1v) is 6.68. The van der Waals surface area contributed by atoms with Crippen LogP contribution in [0.5, 0.6) is 0 Å². The van der Waals surface area contributed by atoms with Crippen LogP contribution >= 0.6 is 0 Å². The molecule has 0 aliphatic carbocycles. The number of rotatable bonds is 7. The summed E-state index contributed by atoms with van der Waals surface area (Å²) in [5.41, 5.74) is 2.65. The van der Waals surface area contributed by atoms with Crippen molar-refractivity contribution >= 4 is 5.91 Å². The van der Waals surface area contributed by atoms with Gasteiger partial charge in [-0.2, -0.15) is 0 Å². The molecule has 18 heavy (non-hydrogen) atoms. The molecular formula is C15H24N2O. The minimum absolute atomic E-state index is 0.0779. The first-order chi connectivity index (χ1) is 8.63. The number of nitrogens with one attached hydrogen (secondary N) is 2. The fourth-order valence-corrected chi connectivity index (χ4v) is 1.74. The topological polar surface area (TPSA) is 41.1 Å². The highest BCUT2D eigenvalue weighted by Crippen LogP contribution is 2.06. The molecule has 0 radical (unpaired) electrons. The van der Waals surface area contributed by atoms with Gasteiger partial charge in [0.2, 0.25) is 5.91 Å². The van der Waals surface area contributed by atoms with E-state index in [0.29, 0.717) is 6.54 Å². The van der Waals surface area contributed by atoms with Crippen molar-refractivity contribution < 1.29 is 4.79 Å². The highest BCUT2D eigenvalue weighted by Gasteiger charge is 2.04. The Morgan fingerprint density at radius 1 is 1.33 bits per heavy atom. The molecule has 3 heteroatoms. The number of carbonyl (C=O) groups is 1. The summed E-state index contributed by atoms with van der Waals surface area (Å²) in [6.07, 6.45) is 1.93. The van der Waals surface area contributed by atoms with Crippen LogP contribution in [0.2, 0.25) is 0 Å². The number of carbonyl (C=O) groups excluding carboxylic acids is 1. The van der Waals surface area contributed by atoms with E-state index in [4.69, 9.17) is 0 Å². The van der Waals surface area contributed by atoms with Gasteiger partial charge in [0.05, 0.1) is 6.54 Å². The quantitative estimate of drug-likeness (QED) is 0.725. The van der Waals surface area contributed by atoms with Gasteiger partial charge in [-0.25, -0.2) is 0 Å². The lowest BCUT2D eigenvalue weighted by atomic mass is 10.1. The van der Waals surface area contributed by atoms with Gasteiger partial charge in [-0.05, 0) is 44.4 Å². The molecule has 1 atom stereocenters. The van der Waals surface area contributed by atoms with Crippen molar-refractivity contribution in [2.75, 3.05) is 13.1 Å². The molecule has 3 nitrogen and oxygen atoms in total. The molecule has 0 fully saturated rings. The number of amides is 1. The van der Waals surface area contributed by atoms with E-state index in [1.165, 1.54) is 11.1 Å². The molecule has 0 aliphatic rings. The minimum Gasteiger partial charge on any atom is -0.353 e. The molecule has 1 aromatic rings. The van der Waals surface area contributed by atoms with E-state index in [0.717, 1.165) is 19.4 Å². The first kappa shape index (κ1) is 14.7. The average Bonchev–Trinajstić information content (AvgIpc) is 2.36. The SMILES string of the molecule is CCC(C)NC(=O)CNCCc1ccccc1C. The van der Waals surface area contributed by atoms with Crippen LogP contribution in [-0.2, 0) is 11.2 Å². The minimum atomic E-state index is 0.0779. The molecule has 2 N–H and O–H groups in total. The zero-order chi connectivity index (χ0) is 13.4. The predicted molar refractivity (Wildman–Crippen MR) is 75.6 cm³/mol. The van der Waals surface area contributed by atoms with Crippen molar-refractivity contribution in [2.24, 2.45) is 0 Å². The highest BCUT2D eigenvalue weighted by atomic mass is 16.1. The molecule has 1 unspecified atom stereocenters. The van der Waals surface area contributed by atoms with E-state index < -0.39 is 0 Å². The van der Waals surface area contributed by atoms with E-state index in [1.54, 1.807) is 0 Å². The Kier molecular flexibility index (Phi) is 6.44. The summed E-state index contributed by atoms with van der Waals surface area (Å²) in [5.74, 6) is 0.0779. The summed E-state index contributed by atoms with van der Waals surface area (Å²) in [7, 11) is 0. The van der Waals surface area contributed by atoms with Crippen LogP contribution in [0.25, 0.3) is 0 Å². The molecule has 1 amide bonds. The largest absolute Gasteiger partial charge is 0.353 e. The third kappa shape index (κ3) is 5.32. The summed E-state index contributed by atoms with van der Waals surface area (Å²) in [6, 6.07) is 8.61. The van der Waals surface area contributed by atoms with Gasteiger partial charge in [-0.15, -0.1) is 0 Å². The van der Waals surface area contributed by atoms with Gasteiger partial charge in [-0.3, -0.25) is 4.79 Å². The van der Waals surface area contributed by atoms with Crippen LogP contribution in [-0.4, -0.2) is 25.0 Å². The second-order valence-corrected chi connectivity index (χ2v) is 4.73. The van der Waals surface area contributed by atoms with Gasteiger partial charge in [-0.1, -0.05) is 31.2 Å². The molecule has 100 valence electrons. The normalized spacial score (nSPS) is 12.2. The maximum atomic E-state index is 11.5. The van der Waals surface area contributed by atoms with Crippen molar-refractivity contribution in [3.8, 4) is 0 Å². The van der Waals surface area contributed by atoms with Gasteiger partial charge >= 0.3 is 0 Å². The Balaban J connectivity index is 2.19. The van der Waals surface area contributed by atoms with Gasteiger partial charge < -0.3 is 10.6 Å². The monoisotopic (exact) mass is 248 g/mol. The summed E-state index contributed by atoms with van der Waals surface area (Å²) >= 11 is 0. The third-order valence-electron chi connectivity index (χ3n) is 3.14. The lowest BCUT2D eigenvalue weighted by Gasteiger charge is -2.12. The zero-order valence-corrected chi connectivity index (χ0v) is 11.6. The van der Waals surface area contributed by atoms with E-state index in [-0.39, 0.29) is 11.9 Å². The maximum absolute atomic E-state index is 11.5. The molecule has 0 aliphatic heterocycles. The predicted octanol–water partition coefficient (Wildman–Crippen LogP) is 2.04. The Labute approximate surface area is 110 Å². The Hall–Kier alpha value is -1.35. The molecule has 0 heterocycles. The number of benzene rings is 1. The summed E-state index contributed by atoms with van der Waals surface area (Å²) in [6.45, 7) is 7.43. The standard InChI is InChI=1S/C15H24N2O/c1-4-13(3)17-15(18)11-16-10-9-14-8-6-5-7-12(14)2/h5-8,13,16H,4,9-11H2,1-3H3,(H,17,18). The molecule has 1 rings (SSSR count). The Bertz CT molecular complexity index is 377. The molecule has 0 saturated heterocycles. The van der Waals surface area contributed by atoms with E-state index >= 15 is 0 Å². The van der Waals surface area contributed by atoms with Crippen molar-refractivity contribution in [3.05, 3.63) is 35.4 Å². The van der Waals surface area contributed by atoms with Crippen LogP contribution in [0, 0.1) is 6.92 Å². The van der Waals surface area contributed by atoms with Crippen LogP contribution in [0.1, 0.15) is 31.4 Å². The molecule has 0 saturated carbocycles. The van der Waals surface area contributed by atoms with E-state index in [9.17, 15) is 4.79 Å². The first-order valence-electron chi connectivity index (χ1n) is 6.68. The molecule has 0 spiro atoms. The molecule has 0 aromatic heterocycles. The fraction of sp³-hybridized carbons (Fsp3) is 0.533. The van der Waals surface area contributed by atoms with E-state index in [2.05, 4.69) is 42.7 Å². The lowest BCUT2D eigenvalue weighted by Crippen LogP contribution is -2.39. The van der Waals surface area contributed by atoms with Crippen molar-refractivity contribution in [2.45, 2.75) is 39.7 Å².